The summed E-state index contributed by atoms with van der Waals surface area (Å²) in [6, 6.07) is 7.36. The molecular formula is C17H19N5O3S. The molecule has 26 heavy (non-hydrogen) atoms. The third-order valence-electron chi connectivity index (χ3n) is 3.39. The minimum absolute atomic E-state index is 0.107. The zero-order valence-corrected chi connectivity index (χ0v) is 15.0. The molecule has 0 atom stereocenters. The molecule has 0 aliphatic rings. The zero-order chi connectivity index (χ0) is 18.4. The van der Waals surface area contributed by atoms with Crippen LogP contribution in [-0.4, -0.2) is 23.4 Å². The molecule has 0 fully saturated rings. The van der Waals surface area contributed by atoms with Crippen molar-refractivity contribution >= 4 is 28.3 Å². The van der Waals surface area contributed by atoms with Crippen LogP contribution < -0.4 is 16.4 Å². The van der Waals surface area contributed by atoms with Gasteiger partial charge in [0.25, 0.3) is 0 Å². The molecule has 0 unspecified atom stereocenters. The SMILES string of the molecule is CC(=O)NCc1ccc(-c2csc(NC(N)=NCCc3ccco3)n2)o1. The van der Waals surface area contributed by atoms with E-state index in [0.29, 0.717) is 47.8 Å². The molecule has 3 aromatic rings. The minimum atomic E-state index is -0.107. The van der Waals surface area contributed by atoms with Gasteiger partial charge in [0.15, 0.2) is 16.9 Å². The number of aliphatic imine (C=N–C) groups is 1. The number of guanidine groups is 1. The Kier molecular flexibility index (Phi) is 5.69. The van der Waals surface area contributed by atoms with E-state index in [1.807, 2.05) is 29.6 Å². The molecule has 136 valence electrons. The Bertz CT molecular complexity index is 882. The molecule has 3 aromatic heterocycles. The van der Waals surface area contributed by atoms with Crippen LogP contribution in [0.25, 0.3) is 11.5 Å². The Balaban J connectivity index is 1.54. The fraction of sp³-hybridized carbons (Fsp3) is 0.235. The van der Waals surface area contributed by atoms with Crippen molar-refractivity contribution in [3.05, 3.63) is 47.4 Å². The zero-order valence-electron chi connectivity index (χ0n) is 14.2. The molecule has 9 heteroatoms. The summed E-state index contributed by atoms with van der Waals surface area (Å²) in [5.41, 5.74) is 6.57. The van der Waals surface area contributed by atoms with E-state index in [4.69, 9.17) is 14.6 Å². The first-order valence-electron chi connectivity index (χ1n) is 7.98. The van der Waals surface area contributed by atoms with Gasteiger partial charge in [-0.15, -0.1) is 11.3 Å². The number of thiazole rings is 1. The van der Waals surface area contributed by atoms with Crippen molar-refractivity contribution in [1.29, 1.82) is 0 Å². The van der Waals surface area contributed by atoms with Gasteiger partial charge in [-0.05, 0) is 24.3 Å². The quantitative estimate of drug-likeness (QED) is 0.433. The number of hydrogen-bond donors (Lipinski definition) is 3. The third-order valence-corrected chi connectivity index (χ3v) is 4.14. The molecule has 0 aliphatic carbocycles. The number of hydrogen-bond acceptors (Lipinski definition) is 6. The monoisotopic (exact) mass is 373 g/mol. The molecule has 4 N–H and O–H groups in total. The predicted molar refractivity (Wildman–Crippen MR) is 99.9 cm³/mol. The molecule has 0 saturated heterocycles. The van der Waals surface area contributed by atoms with Crippen molar-refractivity contribution in [2.45, 2.75) is 19.9 Å². The van der Waals surface area contributed by atoms with Crippen LogP contribution in [-0.2, 0) is 17.8 Å². The van der Waals surface area contributed by atoms with Crippen LogP contribution in [0, 0.1) is 0 Å². The van der Waals surface area contributed by atoms with E-state index in [1.165, 1.54) is 18.3 Å². The van der Waals surface area contributed by atoms with E-state index < -0.39 is 0 Å². The highest BCUT2D eigenvalue weighted by Crippen LogP contribution is 2.26. The van der Waals surface area contributed by atoms with Gasteiger partial charge >= 0.3 is 0 Å². The summed E-state index contributed by atoms with van der Waals surface area (Å²) < 4.78 is 10.9. The van der Waals surface area contributed by atoms with Gasteiger partial charge in [0.05, 0.1) is 12.8 Å². The largest absolute Gasteiger partial charge is 0.469 e. The highest BCUT2D eigenvalue weighted by atomic mass is 32.1. The first kappa shape index (κ1) is 17.7. The van der Waals surface area contributed by atoms with Crippen LogP contribution in [0.2, 0.25) is 0 Å². The lowest BCUT2D eigenvalue weighted by atomic mass is 10.3. The van der Waals surface area contributed by atoms with Crippen molar-refractivity contribution in [3.63, 3.8) is 0 Å². The summed E-state index contributed by atoms with van der Waals surface area (Å²) in [6.45, 7) is 2.33. The van der Waals surface area contributed by atoms with Crippen LogP contribution in [0.1, 0.15) is 18.4 Å². The highest BCUT2D eigenvalue weighted by molar-refractivity contribution is 7.14. The molecular weight excluding hydrogens is 354 g/mol. The molecule has 8 nitrogen and oxygen atoms in total. The number of furan rings is 2. The Hall–Kier alpha value is -3.07. The molecule has 3 rings (SSSR count). The van der Waals surface area contributed by atoms with Gasteiger partial charge < -0.3 is 25.2 Å². The number of amides is 1. The maximum absolute atomic E-state index is 10.9. The fourth-order valence-corrected chi connectivity index (χ4v) is 2.86. The molecule has 0 aliphatic heterocycles. The Labute approximate surface area is 154 Å². The van der Waals surface area contributed by atoms with Gasteiger partial charge in [-0.3, -0.25) is 9.79 Å². The predicted octanol–water partition coefficient (Wildman–Crippen LogP) is 2.60. The standard InChI is InChI=1S/C17H19N5O3S/c1-11(23)20-9-13-4-5-15(25-13)14-10-26-17(21-14)22-16(18)19-7-6-12-3-2-8-24-12/h2-5,8,10H,6-7,9H2,1H3,(H,20,23)(H3,18,19,21,22). The van der Waals surface area contributed by atoms with Gasteiger partial charge in [-0.2, -0.15) is 0 Å². The normalized spacial score (nSPS) is 11.5. The number of nitrogens with two attached hydrogens (primary N) is 1. The minimum Gasteiger partial charge on any atom is -0.469 e. The first-order chi connectivity index (χ1) is 12.6. The molecule has 0 saturated carbocycles. The molecule has 0 radical (unpaired) electrons. The lowest BCUT2D eigenvalue weighted by Crippen LogP contribution is -2.22. The van der Waals surface area contributed by atoms with Crippen LogP contribution >= 0.6 is 11.3 Å². The molecule has 0 spiro atoms. The second-order valence-corrected chi connectivity index (χ2v) is 6.29. The summed E-state index contributed by atoms with van der Waals surface area (Å²) in [5.74, 6) is 2.35. The van der Waals surface area contributed by atoms with Gasteiger partial charge in [-0.1, -0.05) is 0 Å². The molecule has 0 bridgehead atoms. The van der Waals surface area contributed by atoms with Crippen molar-refractivity contribution < 1.29 is 13.6 Å². The second-order valence-electron chi connectivity index (χ2n) is 5.43. The van der Waals surface area contributed by atoms with Crippen LogP contribution in [0.15, 0.2) is 49.7 Å². The number of carbonyl (C=O) groups excluding carboxylic acids is 1. The number of carbonyl (C=O) groups is 1. The lowest BCUT2D eigenvalue weighted by Gasteiger charge is -2.01. The average molecular weight is 373 g/mol. The van der Waals surface area contributed by atoms with Crippen LogP contribution in [0.4, 0.5) is 5.13 Å². The van der Waals surface area contributed by atoms with Crippen LogP contribution in [0.3, 0.4) is 0 Å². The van der Waals surface area contributed by atoms with E-state index >= 15 is 0 Å². The fourth-order valence-electron chi connectivity index (χ4n) is 2.16. The maximum Gasteiger partial charge on any atom is 0.217 e. The Morgan fingerprint density at radius 2 is 2.23 bits per heavy atom. The van der Waals surface area contributed by atoms with E-state index in [0.717, 1.165) is 5.76 Å². The number of nitrogens with zero attached hydrogens (tertiary/aromatic N) is 2. The van der Waals surface area contributed by atoms with Gasteiger partial charge in [0.1, 0.15) is 17.2 Å². The van der Waals surface area contributed by atoms with Gasteiger partial charge in [0.2, 0.25) is 5.91 Å². The van der Waals surface area contributed by atoms with Crippen LogP contribution in [0.5, 0.6) is 0 Å². The van der Waals surface area contributed by atoms with Gasteiger partial charge in [-0.25, -0.2) is 4.98 Å². The average Bonchev–Trinajstić information content (AvgIpc) is 3.34. The molecule has 1 amide bonds. The molecule has 0 aromatic carbocycles. The van der Waals surface area contributed by atoms with E-state index in [1.54, 1.807) is 6.26 Å². The van der Waals surface area contributed by atoms with E-state index in [9.17, 15) is 4.79 Å². The number of rotatable bonds is 7. The van der Waals surface area contributed by atoms with E-state index in [2.05, 4.69) is 20.6 Å². The maximum atomic E-state index is 10.9. The van der Waals surface area contributed by atoms with Gasteiger partial charge in [0, 0.05) is 25.3 Å². The Morgan fingerprint density at radius 3 is 3.00 bits per heavy atom. The number of aromatic nitrogens is 1. The van der Waals surface area contributed by atoms with Crippen molar-refractivity contribution in [2.24, 2.45) is 10.7 Å². The second kappa shape index (κ2) is 8.34. The smallest absolute Gasteiger partial charge is 0.217 e. The summed E-state index contributed by atoms with van der Waals surface area (Å²) in [4.78, 5) is 19.6. The number of nitrogens with one attached hydrogen (secondary N) is 2. The highest BCUT2D eigenvalue weighted by Gasteiger charge is 2.10. The van der Waals surface area contributed by atoms with E-state index in [-0.39, 0.29) is 5.91 Å². The summed E-state index contributed by atoms with van der Waals surface area (Å²) in [6.07, 6.45) is 2.32. The molecule has 3 heterocycles. The third kappa shape index (κ3) is 4.96. The number of anilines is 1. The summed E-state index contributed by atoms with van der Waals surface area (Å²) in [7, 11) is 0. The summed E-state index contributed by atoms with van der Waals surface area (Å²) >= 11 is 1.40. The van der Waals surface area contributed by atoms with Crippen molar-refractivity contribution in [3.8, 4) is 11.5 Å². The first-order valence-corrected chi connectivity index (χ1v) is 8.86. The topological polar surface area (TPSA) is 119 Å². The lowest BCUT2D eigenvalue weighted by molar-refractivity contribution is -0.119. The summed E-state index contributed by atoms with van der Waals surface area (Å²) in [5, 5.41) is 8.14. The Morgan fingerprint density at radius 1 is 1.35 bits per heavy atom. The van der Waals surface area contributed by atoms with Crippen molar-refractivity contribution in [1.82, 2.24) is 10.3 Å². The van der Waals surface area contributed by atoms with Crippen molar-refractivity contribution in [2.75, 3.05) is 11.9 Å².